The zero-order chi connectivity index (χ0) is 14.5. The van der Waals surface area contributed by atoms with Gasteiger partial charge in [0.15, 0.2) is 5.84 Å². The molecule has 4 N–H and O–H groups in total. The fraction of sp³-hybridized carbons (Fsp3) is 0.143. The molecule has 0 aliphatic rings. The molecule has 6 nitrogen and oxygen atoms in total. The predicted octanol–water partition coefficient (Wildman–Crippen LogP) is 1.77. The number of amidine groups is 1. The van der Waals surface area contributed by atoms with Crippen LogP contribution >= 0.6 is 0 Å². The molecule has 0 unspecified atom stereocenters. The number of hydrogen-bond donors (Lipinski definition) is 3. The van der Waals surface area contributed by atoms with Crippen LogP contribution in [0.4, 0.5) is 0 Å². The van der Waals surface area contributed by atoms with E-state index in [1.165, 1.54) is 0 Å². The Bertz CT molecular complexity index is 641. The van der Waals surface area contributed by atoms with E-state index in [0.717, 1.165) is 0 Å². The minimum Gasteiger partial charge on any atom is -0.439 e. The van der Waals surface area contributed by atoms with E-state index in [2.05, 4.69) is 10.1 Å². The zero-order valence-corrected chi connectivity index (χ0v) is 10.9. The second-order valence-electron chi connectivity index (χ2n) is 4.19. The highest BCUT2D eigenvalue weighted by atomic mass is 16.5. The Labute approximate surface area is 116 Å². The molecule has 0 saturated heterocycles. The summed E-state index contributed by atoms with van der Waals surface area (Å²) in [6.45, 7) is 1.65. The summed E-state index contributed by atoms with van der Waals surface area (Å²) in [5, 5.41) is 20.9. The van der Waals surface area contributed by atoms with E-state index in [4.69, 9.17) is 15.7 Å². The van der Waals surface area contributed by atoms with Crippen molar-refractivity contribution in [2.45, 2.75) is 13.5 Å². The number of nitrogens with two attached hydrogens (primary N) is 1. The van der Waals surface area contributed by atoms with Crippen molar-refractivity contribution < 1.29 is 15.1 Å². The molecule has 1 aromatic carbocycles. The van der Waals surface area contributed by atoms with E-state index >= 15 is 0 Å². The summed E-state index contributed by atoms with van der Waals surface area (Å²) >= 11 is 0. The zero-order valence-electron chi connectivity index (χ0n) is 10.9. The van der Waals surface area contributed by atoms with Crippen molar-refractivity contribution in [1.82, 2.24) is 4.98 Å². The molecule has 2 aromatic rings. The molecule has 0 atom stereocenters. The molecule has 1 heterocycles. The van der Waals surface area contributed by atoms with Gasteiger partial charge in [0.25, 0.3) is 0 Å². The van der Waals surface area contributed by atoms with Crippen molar-refractivity contribution in [2.24, 2.45) is 10.9 Å². The smallest absolute Gasteiger partial charge is 0.220 e. The summed E-state index contributed by atoms with van der Waals surface area (Å²) in [7, 11) is 0. The van der Waals surface area contributed by atoms with E-state index in [1.54, 1.807) is 37.3 Å². The average Bonchev–Trinajstić information content (AvgIpc) is 2.46. The van der Waals surface area contributed by atoms with Crippen molar-refractivity contribution in [3.63, 3.8) is 0 Å². The van der Waals surface area contributed by atoms with Crippen LogP contribution in [0.25, 0.3) is 0 Å². The lowest BCUT2D eigenvalue weighted by Gasteiger charge is -2.10. The van der Waals surface area contributed by atoms with E-state index in [-0.39, 0.29) is 12.4 Å². The number of aromatic nitrogens is 1. The SMILES string of the molecule is Cc1cc(/C(N)=N/O)cc(Oc2ccccc2CO)n1. The minimum absolute atomic E-state index is 0.0178. The Morgan fingerprint density at radius 2 is 2.10 bits per heavy atom. The Kier molecular flexibility index (Phi) is 4.17. The standard InChI is InChI=1S/C14H15N3O3/c1-9-6-11(14(15)17-19)7-13(16-9)20-12-5-3-2-4-10(12)8-18/h2-7,18-19H,8H2,1H3,(H2,15,17). The molecule has 0 radical (unpaired) electrons. The number of aryl methyl sites for hydroxylation is 1. The second-order valence-corrected chi connectivity index (χ2v) is 4.19. The van der Waals surface area contributed by atoms with Crippen LogP contribution < -0.4 is 10.5 Å². The van der Waals surface area contributed by atoms with Crippen LogP contribution in [0.15, 0.2) is 41.6 Å². The Balaban J connectivity index is 2.36. The van der Waals surface area contributed by atoms with Gasteiger partial charge in [0.1, 0.15) is 5.75 Å². The Morgan fingerprint density at radius 3 is 2.80 bits per heavy atom. The molecule has 0 spiro atoms. The third-order valence-electron chi connectivity index (χ3n) is 2.69. The molecule has 20 heavy (non-hydrogen) atoms. The van der Waals surface area contributed by atoms with Gasteiger partial charge in [-0.2, -0.15) is 0 Å². The highest BCUT2D eigenvalue weighted by molar-refractivity contribution is 5.97. The van der Waals surface area contributed by atoms with Gasteiger partial charge in [0, 0.05) is 22.9 Å². The molecule has 0 fully saturated rings. The Morgan fingerprint density at radius 1 is 1.35 bits per heavy atom. The molecule has 1 aromatic heterocycles. The highest BCUT2D eigenvalue weighted by Crippen LogP contribution is 2.24. The maximum Gasteiger partial charge on any atom is 0.220 e. The first kappa shape index (κ1) is 13.8. The summed E-state index contributed by atoms with van der Waals surface area (Å²) in [4.78, 5) is 4.23. The van der Waals surface area contributed by atoms with Gasteiger partial charge in [-0.05, 0) is 19.1 Å². The van der Waals surface area contributed by atoms with Gasteiger partial charge in [0.2, 0.25) is 5.88 Å². The normalized spacial score (nSPS) is 11.4. The molecule has 2 rings (SSSR count). The lowest BCUT2D eigenvalue weighted by Crippen LogP contribution is -2.13. The largest absolute Gasteiger partial charge is 0.439 e. The summed E-state index contributed by atoms with van der Waals surface area (Å²) in [6, 6.07) is 10.4. The van der Waals surface area contributed by atoms with Crippen molar-refractivity contribution in [2.75, 3.05) is 0 Å². The van der Waals surface area contributed by atoms with Crippen LogP contribution in [0.5, 0.6) is 11.6 Å². The number of oxime groups is 1. The van der Waals surface area contributed by atoms with E-state index in [9.17, 15) is 5.11 Å². The van der Waals surface area contributed by atoms with Crippen molar-refractivity contribution in [3.05, 3.63) is 53.2 Å². The maximum atomic E-state index is 9.26. The summed E-state index contributed by atoms with van der Waals surface area (Å²) in [5.41, 5.74) is 7.39. The van der Waals surface area contributed by atoms with Crippen molar-refractivity contribution >= 4 is 5.84 Å². The van der Waals surface area contributed by atoms with Crippen molar-refractivity contribution in [3.8, 4) is 11.6 Å². The number of para-hydroxylation sites is 1. The fourth-order valence-corrected chi connectivity index (χ4v) is 1.74. The summed E-state index contributed by atoms with van der Waals surface area (Å²) in [6.07, 6.45) is 0. The lowest BCUT2D eigenvalue weighted by molar-refractivity contribution is 0.276. The van der Waals surface area contributed by atoms with E-state index in [0.29, 0.717) is 28.5 Å². The predicted molar refractivity (Wildman–Crippen MR) is 73.9 cm³/mol. The summed E-state index contributed by atoms with van der Waals surface area (Å²) < 4.78 is 5.65. The molecule has 6 heteroatoms. The quantitative estimate of drug-likeness (QED) is 0.341. The number of ether oxygens (including phenoxy) is 1. The lowest BCUT2D eigenvalue weighted by atomic mass is 10.2. The molecule has 0 aliphatic carbocycles. The molecular weight excluding hydrogens is 258 g/mol. The first-order chi connectivity index (χ1) is 9.63. The van der Waals surface area contributed by atoms with Crippen LogP contribution in [-0.4, -0.2) is 21.1 Å². The van der Waals surface area contributed by atoms with Crippen molar-refractivity contribution in [1.29, 1.82) is 0 Å². The number of aliphatic hydroxyl groups is 1. The number of rotatable bonds is 4. The number of pyridine rings is 1. The fourth-order valence-electron chi connectivity index (χ4n) is 1.74. The molecular formula is C14H15N3O3. The number of aliphatic hydroxyl groups excluding tert-OH is 1. The van der Waals surface area contributed by atoms with Crippen LogP contribution in [0, 0.1) is 6.92 Å². The van der Waals surface area contributed by atoms with Crippen LogP contribution in [-0.2, 0) is 6.61 Å². The van der Waals surface area contributed by atoms with Gasteiger partial charge in [0.05, 0.1) is 6.61 Å². The highest BCUT2D eigenvalue weighted by Gasteiger charge is 2.08. The van der Waals surface area contributed by atoms with Gasteiger partial charge in [-0.15, -0.1) is 0 Å². The van der Waals surface area contributed by atoms with E-state index < -0.39 is 0 Å². The molecule has 0 bridgehead atoms. The van der Waals surface area contributed by atoms with Gasteiger partial charge in [-0.1, -0.05) is 23.4 Å². The number of nitrogens with zero attached hydrogens (tertiary/aromatic N) is 2. The number of hydrogen-bond acceptors (Lipinski definition) is 5. The molecule has 0 saturated carbocycles. The van der Waals surface area contributed by atoms with Gasteiger partial charge < -0.3 is 20.8 Å². The average molecular weight is 273 g/mol. The summed E-state index contributed by atoms with van der Waals surface area (Å²) in [5.74, 6) is 0.807. The molecule has 0 aliphatic heterocycles. The van der Waals surface area contributed by atoms with Crippen LogP contribution in [0.3, 0.4) is 0 Å². The third kappa shape index (κ3) is 3.04. The van der Waals surface area contributed by atoms with E-state index in [1.807, 2.05) is 6.07 Å². The molecule has 104 valence electrons. The Hall–Kier alpha value is -2.60. The van der Waals surface area contributed by atoms with Gasteiger partial charge in [-0.25, -0.2) is 4.98 Å². The number of benzene rings is 1. The monoisotopic (exact) mass is 273 g/mol. The van der Waals surface area contributed by atoms with Gasteiger partial charge in [-0.3, -0.25) is 0 Å². The second kappa shape index (κ2) is 6.03. The third-order valence-corrected chi connectivity index (χ3v) is 2.69. The van der Waals surface area contributed by atoms with Crippen LogP contribution in [0.1, 0.15) is 16.8 Å². The molecule has 0 amide bonds. The van der Waals surface area contributed by atoms with Crippen LogP contribution in [0.2, 0.25) is 0 Å². The first-order valence-corrected chi connectivity index (χ1v) is 5.97. The maximum absolute atomic E-state index is 9.26. The topological polar surface area (TPSA) is 101 Å². The first-order valence-electron chi connectivity index (χ1n) is 5.97. The minimum atomic E-state index is -0.130. The van der Waals surface area contributed by atoms with Gasteiger partial charge >= 0.3 is 0 Å².